The molecule has 3 amide bonds. The molecule has 3 saturated heterocycles. The fraction of sp³-hybridized carbons (Fsp3) is 0.394. The van der Waals surface area contributed by atoms with Gasteiger partial charge >= 0.3 is 0 Å². The molecule has 4 unspecified atom stereocenters. The van der Waals surface area contributed by atoms with Crippen molar-refractivity contribution in [3.8, 4) is 0 Å². The summed E-state index contributed by atoms with van der Waals surface area (Å²) in [5, 5.41) is 16.0. The van der Waals surface area contributed by atoms with Crippen molar-refractivity contribution in [1.29, 1.82) is 0 Å². The van der Waals surface area contributed by atoms with E-state index in [9.17, 15) is 19.5 Å². The molecule has 10 heteroatoms. The number of aliphatic hydroxyl groups is 1. The van der Waals surface area contributed by atoms with Crippen molar-refractivity contribution in [3.63, 3.8) is 0 Å². The lowest BCUT2D eigenvalue weighted by Crippen LogP contribution is -2.71. The SMILES string of the molecule is CN1CC(C(=O)NC2(C)OC3(O)C4CCCN4C(=O)C(Cc4ccccc4)N3C2=O)=C=C2c3cccc4[nH]cc(c34)C[C@H]21. The molecule has 0 bridgehead atoms. The van der Waals surface area contributed by atoms with Gasteiger partial charge in [-0.05, 0) is 56.0 Å². The molecule has 3 fully saturated rings. The highest BCUT2D eigenvalue weighted by atomic mass is 16.7. The third kappa shape index (κ3) is 3.74. The van der Waals surface area contributed by atoms with Crippen molar-refractivity contribution < 1.29 is 24.2 Å². The van der Waals surface area contributed by atoms with Gasteiger partial charge in [-0.15, -0.1) is 5.73 Å². The van der Waals surface area contributed by atoms with Gasteiger partial charge in [-0.25, -0.2) is 0 Å². The summed E-state index contributed by atoms with van der Waals surface area (Å²) in [7, 11) is 1.98. The molecule has 1 aliphatic carbocycles. The number of nitrogens with zero attached hydrogens (tertiary/aromatic N) is 3. The first-order valence-corrected chi connectivity index (χ1v) is 14.9. The molecule has 5 aliphatic rings. The summed E-state index contributed by atoms with van der Waals surface area (Å²) in [6.07, 6.45) is 4.26. The molecule has 0 radical (unpaired) electrons. The number of hydrogen-bond donors (Lipinski definition) is 3. The quantitative estimate of drug-likeness (QED) is 0.407. The molecular weight excluding hydrogens is 546 g/mol. The summed E-state index contributed by atoms with van der Waals surface area (Å²) in [5.41, 5.74) is 7.01. The molecule has 43 heavy (non-hydrogen) atoms. The van der Waals surface area contributed by atoms with E-state index < -0.39 is 35.5 Å². The normalized spacial score (nSPS) is 31.5. The van der Waals surface area contributed by atoms with Gasteiger partial charge < -0.3 is 20.3 Å². The Morgan fingerprint density at radius 2 is 2.00 bits per heavy atom. The number of ether oxygens (including phenoxy) is 1. The van der Waals surface area contributed by atoms with Crippen LogP contribution >= 0.6 is 0 Å². The van der Waals surface area contributed by atoms with Crippen LogP contribution in [0.2, 0.25) is 0 Å². The number of carbonyl (C=O) groups is 3. The zero-order chi connectivity index (χ0) is 29.7. The monoisotopic (exact) mass is 579 g/mol. The lowest BCUT2D eigenvalue weighted by molar-refractivity contribution is -0.315. The number of H-pyrrole nitrogens is 1. The Balaban J connectivity index is 1.15. The molecule has 5 atom stereocenters. The zero-order valence-corrected chi connectivity index (χ0v) is 24.1. The van der Waals surface area contributed by atoms with Gasteiger partial charge in [-0.3, -0.25) is 28.9 Å². The summed E-state index contributed by atoms with van der Waals surface area (Å²) in [5.74, 6) is -3.42. The Kier molecular flexibility index (Phi) is 5.62. The van der Waals surface area contributed by atoms with Crippen molar-refractivity contribution >= 4 is 34.2 Å². The average Bonchev–Trinajstić information content (AvgIpc) is 3.70. The maximum Gasteiger partial charge on any atom is 0.280 e. The molecule has 8 rings (SSSR count). The molecule has 0 saturated carbocycles. The minimum atomic E-state index is -2.06. The van der Waals surface area contributed by atoms with Crippen LogP contribution in [0, 0.1) is 0 Å². The summed E-state index contributed by atoms with van der Waals surface area (Å²) < 4.78 is 6.20. The molecule has 3 aromatic rings. The first-order valence-electron chi connectivity index (χ1n) is 14.9. The zero-order valence-electron chi connectivity index (χ0n) is 24.1. The second kappa shape index (κ2) is 9.14. The Bertz CT molecular complexity index is 1780. The van der Waals surface area contributed by atoms with Crippen LogP contribution in [0.3, 0.4) is 0 Å². The van der Waals surface area contributed by atoms with Crippen molar-refractivity contribution in [2.24, 2.45) is 0 Å². The van der Waals surface area contributed by atoms with Gasteiger partial charge in [0.15, 0.2) is 0 Å². The van der Waals surface area contributed by atoms with Gasteiger partial charge in [-0.2, -0.15) is 0 Å². The molecule has 4 aliphatic heterocycles. The van der Waals surface area contributed by atoms with Crippen molar-refractivity contribution in [2.75, 3.05) is 20.1 Å². The Morgan fingerprint density at radius 3 is 2.81 bits per heavy atom. The number of nitrogens with one attached hydrogen (secondary N) is 2. The van der Waals surface area contributed by atoms with Crippen LogP contribution in [0.4, 0.5) is 0 Å². The van der Waals surface area contributed by atoms with Gasteiger partial charge in [0.2, 0.25) is 11.6 Å². The fourth-order valence-electron chi connectivity index (χ4n) is 7.82. The van der Waals surface area contributed by atoms with Gasteiger partial charge in [-0.1, -0.05) is 42.5 Å². The first kappa shape index (κ1) is 26.4. The minimum Gasteiger partial charge on any atom is -0.361 e. The maximum absolute atomic E-state index is 14.2. The smallest absolute Gasteiger partial charge is 0.280 e. The van der Waals surface area contributed by atoms with E-state index in [2.05, 4.69) is 33.2 Å². The Morgan fingerprint density at radius 1 is 1.19 bits per heavy atom. The molecule has 3 N–H and O–H groups in total. The van der Waals surface area contributed by atoms with E-state index in [0.29, 0.717) is 31.5 Å². The van der Waals surface area contributed by atoms with Crippen molar-refractivity contribution in [1.82, 2.24) is 25.0 Å². The number of likely N-dealkylation sites (N-methyl/N-ethyl adjacent to an activating group) is 1. The van der Waals surface area contributed by atoms with Gasteiger partial charge in [0.1, 0.15) is 12.1 Å². The Labute approximate surface area is 248 Å². The predicted molar refractivity (Wildman–Crippen MR) is 157 cm³/mol. The van der Waals surface area contributed by atoms with Crippen LogP contribution in [0.25, 0.3) is 16.5 Å². The number of aromatic amines is 1. The second-order valence-electron chi connectivity index (χ2n) is 12.5. The van der Waals surface area contributed by atoms with Crippen molar-refractivity contribution in [3.05, 3.63) is 82.7 Å². The highest BCUT2D eigenvalue weighted by Gasteiger charge is 2.69. The van der Waals surface area contributed by atoms with E-state index in [1.807, 2.05) is 49.5 Å². The number of fused-ring (bicyclic) bond motifs is 5. The van der Waals surface area contributed by atoms with Gasteiger partial charge in [0.05, 0.1) is 5.57 Å². The maximum atomic E-state index is 14.2. The highest BCUT2D eigenvalue weighted by Crippen LogP contribution is 2.46. The third-order valence-electron chi connectivity index (χ3n) is 9.84. The van der Waals surface area contributed by atoms with E-state index in [4.69, 9.17) is 4.74 Å². The summed E-state index contributed by atoms with van der Waals surface area (Å²) in [4.78, 5) is 50.0. The van der Waals surface area contributed by atoms with Crippen molar-refractivity contribution in [2.45, 2.75) is 62.4 Å². The number of carbonyl (C=O) groups excluding carboxylic acids is 3. The fourth-order valence-corrected chi connectivity index (χ4v) is 7.82. The summed E-state index contributed by atoms with van der Waals surface area (Å²) >= 11 is 0. The van der Waals surface area contributed by atoms with E-state index in [-0.39, 0.29) is 18.4 Å². The van der Waals surface area contributed by atoms with Crippen LogP contribution in [0.1, 0.15) is 36.5 Å². The lowest BCUT2D eigenvalue weighted by Gasteiger charge is -2.48. The predicted octanol–water partition coefficient (Wildman–Crippen LogP) is 1.90. The van der Waals surface area contributed by atoms with E-state index in [1.54, 1.807) is 4.90 Å². The molecule has 10 nitrogen and oxygen atoms in total. The van der Waals surface area contributed by atoms with Crippen LogP contribution in [0.15, 0.2) is 66.0 Å². The molecule has 220 valence electrons. The molecular formula is C33H33N5O5. The van der Waals surface area contributed by atoms with Crippen LogP contribution in [0.5, 0.6) is 0 Å². The lowest BCUT2D eigenvalue weighted by atomic mass is 9.82. The van der Waals surface area contributed by atoms with Gasteiger partial charge in [0.25, 0.3) is 17.7 Å². The summed E-state index contributed by atoms with van der Waals surface area (Å²) in [6.45, 7) is 2.28. The molecule has 2 aromatic carbocycles. The first-order chi connectivity index (χ1) is 20.7. The molecule has 0 spiro atoms. The standard InChI is InChI=1S/C33H33N5O5/c1-32(35-29(39)21-15-23-22-10-6-11-24-28(22)20(17-34-24)16-25(23)36(2)18-21)31(41)38-26(14-19-8-4-3-5-9-19)30(40)37-13-7-12-27(37)33(38,42)43-32/h3-6,8-11,17,25-27,34,42H,7,12-14,16,18H2,1-2H3,(H,35,39)/t25-,26?,27?,32?,33?/m1/s1. The number of benzene rings is 2. The molecule has 5 heterocycles. The number of piperazine rings is 1. The number of aromatic nitrogens is 1. The Hall–Kier alpha value is -4.21. The van der Waals surface area contributed by atoms with E-state index in [0.717, 1.165) is 34.0 Å². The van der Waals surface area contributed by atoms with Crippen LogP contribution in [-0.4, -0.2) is 92.4 Å². The highest BCUT2D eigenvalue weighted by molar-refractivity contribution is 6.03. The van der Waals surface area contributed by atoms with Crippen LogP contribution in [-0.2, 0) is 32.0 Å². The average molecular weight is 580 g/mol. The van der Waals surface area contributed by atoms with Crippen LogP contribution < -0.4 is 5.32 Å². The number of rotatable bonds is 4. The summed E-state index contributed by atoms with van der Waals surface area (Å²) in [6, 6.07) is 13.9. The second-order valence-corrected chi connectivity index (χ2v) is 12.5. The van der Waals surface area contributed by atoms with E-state index in [1.165, 1.54) is 17.4 Å². The minimum absolute atomic E-state index is 0.0678. The topological polar surface area (TPSA) is 118 Å². The number of amides is 3. The largest absolute Gasteiger partial charge is 0.361 e. The molecule has 1 aromatic heterocycles. The van der Waals surface area contributed by atoms with E-state index >= 15 is 0 Å². The third-order valence-corrected chi connectivity index (χ3v) is 9.84. The number of hydrogen-bond acceptors (Lipinski definition) is 6. The van der Waals surface area contributed by atoms with Gasteiger partial charge in [0, 0.05) is 48.2 Å².